The van der Waals surface area contributed by atoms with Gasteiger partial charge in [0.1, 0.15) is 11.4 Å². The van der Waals surface area contributed by atoms with Gasteiger partial charge in [-0.05, 0) is 152 Å². The molecule has 3 N–H and O–H groups in total. The third-order valence-corrected chi connectivity index (χ3v) is 11.4. The molecule has 2 saturated heterocycles. The number of hydrogen-bond acceptors (Lipinski definition) is 7. The molecule has 8 rings (SSSR count). The zero-order valence-electron chi connectivity index (χ0n) is 30.5. The minimum Gasteiger partial charge on any atom is -0.380 e. The number of nitrogens with one attached hydrogen (secondary N) is 3. The maximum atomic E-state index is 13.6. The Hall–Kier alpha value is -4.44. The highest BCUT2D eigenvalue weighted by molar-refractivity contribution is 6.05. The number of amides is 2. The van der Waals surface area contributed by atoms with Crippen LogP contribution < -0.4 is 16.0 Å². The summed E-state index contributed by atoms with van der Waals surface area (Å²) in [7, 11) is 0. The lowest BCUT2D eigenvalue weighted by Gasteiger charge is -2.27. The number of benzene rings is 2. The average molecular weight is 699 g/mol. The van der Waals surface area contributed by atoms with E-state index in [-0.39, 0.29) is 11.8 Å². The Morgan fingerprint density at radius 3 is 1.85 bits per heavy atom. The molecule has 4 heterocycles. The number of rotatable bonds is 12. The number of carbonyl (C=O) groups is 2. The highest BCUT2D eigenvalue weighted by Gasteiger charge is 2.30. The second kappa shape index (κ2) is 15.3. The van der Waals surface area contributed by atoms with Crippen LogP contribution in [0.1, 0.15) is 118 Å². The smallest absolute Gasteiger partial charge is 0.274 e. The molecule has 4 aliphatic rings. The average Bonchev–Trinajstić information content (AvgIpc) is 4.12. The van der Waals surface area contributed by atoms with Crippen molar-refractivity contribution in [2.24, 2.45) is 0 Å². The molecule has 2 aliphatic heterocycles. The number of hydrogen-bond donors (Lipinski definition) is 3. The zero-order valence-corrected chi connectivity index (χ0v) is 30.5. The number of pyridine rings is 2. The van der Waals surface area contributed by atoms with Gasteiger partial charge in [-0.1, -0.05) is 30.7 Å². The van der Waals surface area contributed by atoms with Crippen LogP contribution in [-0.2, 0) is 17.8 Å². The highest BCUT2D eigenvalue weighted by Crippen LogP contribution is 2.43. The number of carbonyl (C=O) groups excluding carboxylic acids is 2. The SMILES string of the molecule is Cc1c(NC(=O)c2cc(C3CC3)c(CN[C@@H]3CCOC3)cn2)cccc1-c1cccc(NC(=O)c2cc(C3CC3)c(CN3CCCCC3)cn2)c1C. The van der Waals surface area contributed by atoms with Gasteiger partial charge in [0.05, 0.1) is 6.61 Å². The summed E-state index contributed by atoms with van der Waals surface area (Å²) in [5, 5.41) is 9.90. The second-order valence-electron chi connectivity index (χ2n) is 15.2. The number of likely N-dealkylation sites (tertiary alicyclic amines) is 1. The van der Waals surface area contributed by atoms with Crippen LogP contribution in [0.15, 0.2) is 60.9 Å². The van der Waals surface area contributed by atoms with Crippen molar-refractivity contribution < 1.29 is 14.3 Å². The zero-order chi connectivity index (χ0) is 35.6. The first-order valence-corrected chi connectivity index (χ1v) is 19.2. The molecule has 270 valence electrons. The predicted molar refractivity (Wildman–Crippen MR) is 205 cm³/mol. The van der Waals surface area contributed by atoms with Crippen LogP contribution >= 0.6 is 0 Å². The first kappa shape index (κ1) is 34.6. The first-order chi connectivity index (χ1) is 25.4. The Morgan fingerprint density at radius 2 is 1.31 bits per heavy atom. The standard InChI is InChI=1S/C43H50N6O3/c1-27-34(8-6-10-38(27)47-42(50)40-20-36(29-12-13-29)31(23-45-40)22-44-33-16-19-52-26-33)35-9-7-11-39(28(35)2)48-43(51)41-21-37(30-14-15-30)32(24-46-41)25-49-17-4-3-5-18-49/h6-11,20-21,23-24,29-30,33,44H,3-5,12-19,22,25-26H2,1-2H3,(H,47,50)(H,48,51)/t33-/m1/s1. The van der Waals surface area contributed by atoms with Crippen molar-refractivity contribution in [1.82, 2.24) is 20.2 Å². The van der Waals surface area contributed by atoms with E-state index >= 15 is 0 Å². The molecule has 2 aromatic carbocycles. The van der Waals surface area contributed by atoms with Gasteiger partial charge in [0.15, 0.2) is 0 Å². The van der Waals surface area contributed by atoms with Gasteiger partial charge in [-0.25, -0.2) is 0 Å². The van der Waals surface area contributed by atoms with E-state index in [1.165, 1.54) is 48.8 Å². The molecule has 2 aliphatic carbocycles. The Kier molecular flexibility index (Phi) is 10.2. The van der Waals surface area contributed by atoms with E-state index in [1.807, 2.05) is 62.6 Å². The fraction of sp³-hybridized carbons (Fsp3) is 0.442. The van der Waals surface area contributed by atoms with Crippen molar-refractivity contribution in [2.75, 3.05) is 36.9 Å². The summed E-state index contributed by atoms with van der Waals surface area (Å²) in [5.74, 6) is 0.609. The van der Waals surface area contributed by atoms with Gasteiger partial charge >= 0.3 is 0 Å². The molecule has 4 aromatic rings. The van der Waals surface area contributed by atoms with Crippen molar-refractivity contribution in [3.63, 3.8) is 0 Å². The third-order valence-electron chi connectivity index (χ3n) is 11.4. The highest BCUT2D eigenvalue weighted by atomic mass is 16.5. The fourth-order valence-electron chi connectivity index (χ4n) is 7.88. The summed E-state index contributed by atoms with van der Waals surface area (Å²) in [4.78, 5) is 39.0. The molecule has 1 atom stereocenters. The molecule has 4 fully saturated rings. The van der Waals surface area contributed by atoms with E-state index in [2.05, 4.69) is 43.0 Å². The molecule has 9 heteroatoms. The lowest BCUT2D eigenvalue weighted by Crippen LogP contribution is -2.29. The number of ether oxygens (including phenoxy) is 1. The summed E-state index contributed by atoms with van der Waals surface area (Å²) in [6.07, 6.45) is 13.3. The van der Waals surface area contributed by atoms with E-state index in [4.69, 9.17) is 4.74 Å². The topological polar surface area (TPSA) is 108 Å². The molecule has 2 saturated carbocycles. The summed E-state index contributed by atoms with van der Waals surface area (Å²) in [6.45, 7) is 9.53. The predicted octanol–water partition coefficient (Wildman–Crippen LogP) is 7.88. The van der Waals surface area contributed by atoms with Gasteiger partial charge in [-0.15, -0.1) is 0 Å². The quantitative estimate of drug-likeness (QED) is 0.138. The third kappa shape index (κ3) is 7.82. The van der Waals surface area contributed by atoms with E-state index in [1.54, 1.807) is 0 Å². The molecule has 9 nitrogen and oxygen atoms in total. The summed E-state index contributed by atoms with van der Waals surface area (Å²) < 4.78 is 5.52. The van der Waals surface area contributed by atoms with Crippen molar-refractivity contribution in [3.05, 3.63) is 106 Å². The van der Waals surface area contributed by atoms with Gasteiger partial charge in [-0.2, -0.15) is 0 Å². The van der Waals surface area contributed by atoms with Gasteiger partial charge < -0.3 is 20.7 Å². The van der Waals surface area contributed by atoms with E-state index in [9.17, 15) is 9.59 Å². The normalized spacial score (nSPS) is 19.1. The van der Waals surface area contributed by atoms with Crippen LogP contribution in [0.2, 0.25) is 0 Å². The maximum Gasteiger partial charge on any atom is 0.274 e. The van der Waals surface area contributed by atoms with Gasteiger partial charge in [0.2, 0.25) is 0 Å². The molecule has 0 bridgehead atoms. The number of piperidine rings is 1. The number of aromatic nitrogens is 2. The molecule has 0 unspecified atom stereocenters. The summed E-state index contributed by atoms with van der Waals surface area (Å²) in [5.41, 5.74) is 11.2. The lowest BCUT2D eigenvalue weighted by atomic mass is 9.94. The number of nitrogens with zero attached hydrogens (tertiary/aromatic N) is 3. The fourth-order valence-corrected chi connectivity index (χ4v) is 7.88. The van der Waals surface area contributed by atoms with Crippen LogP contribution in [0.3, 0.4) is 0 Å². The molecular formula is C43H50N6O3. The molecule has 0 spiro atoms. The molecule has 52 heavy (non-hydrogen) atoms. The van der Waals surface area contributed by atoms with Crippen LogP contribution in [0.4, 0.5) is 11.4 Å². The van der Waals surface area contributed by atoms with Crippen LogP contribution in [0.25, 0.3) is 11.1 Å². The number of anilines is 2. The van der Waals surface area contributed by atoms with Crippen molar-refractivity contribution >= 4 is 23.2 Å². The van der Waals surface area contributed by atoms with E-state index in [0.717, 1.165) is 97.8 Å². The molecule has 0 radical (unpaired) electrons. The Bertz CT molecular complexity index is 1960. The summed E-state index contributed by atoms with van der Waals surface area (Å²) >= 11 is 0. The Balaban J connectivity index is 0.971. The van der Waals surface area contributed by atoms with Crippen molar-refractivity contribution in [1.29, 1.82) is 0 Å². The van der Waals surface area contributed by atoms with Crippen LogP contribution in [-0.4, -0.2) is 59.0 Å². The monoisotopic (exact) mass is 698 g/mol. The molecule has 2 amide bonds. The minimum absolute atomic E-state index is 0.197. The maximum absolute atomic E-state index is 13.6. The van der Waals surface area contributed by atoms with E-state index < -0.39 is 0 Å². The first-order valence-electron chi connectivity index (χ1n) is 19.2. The minimum atomic E-state index is -0.219. The largest absolute Gasteiger partial charge is 0.380 e. The van der Waals surface area contributed by atoms with Crippen LogP contribution in [0, 0.1) is 13.8 Å². The second-order valence-corrected chi connectivity index (χ2v) is 15.2. The van der Waals surface area contributed by atoms with E-state index in [0.29, 0.717) is 29.3 Å². The van der Waals surface area contributed by atoms with Gasteiger partial charge in [-0.3, -0.25) is 24.5 Å². The lowest BCUT2D eigenvalue weighted by molar-refractivity contribution is 0.101. The van der Waals surface area contributed by atoms with Gasteiger partial charge in [0.25, 0.3) is 11.8 Å². The van der Waals surface area contributed by atoms with Crippen molar-refractivity contribution in [2.45, 2.75) is 96.2 Å². The molecular weight excluding hydrogens is 649 g/mol. The Morgan fingerprint density at radius 1 is 0.750 bits per heavy atom. The molecule has 2 aromatic heterocycles. The Labute approximate surface area is 307 Å². The van der Waals surface area contributed by atoms with Gasteiger partial charge in [0, 0.05) is 49.5 Å². The van der Waals surface area contributed by atoms with Crippen LogP contribution in [0.5, 0.6) is 0 Å². The van der Waals surface area contributed by atoms with Crippen molar-refractivity contribution in [3.8, 4) is 11.1 Å². The summed E-state index contributed by atoms with van der Waals surface area (Å²) in [6, 6.07) is 16.3.